The van der Waals surface area contributed by atoms with Crippen LogP contribution in [0.1, 0.15) is 31.0 Å². The van der Waals surface area contributed by atoms with Gasteiger partial charge in [0.05, 0.1) is 13.2 Å². The van der Waals surface area contributed by atoms with Crippen molar-refractivity contribution in [2.75, 3.05) is 44.3 Å². The van der Waals surface area contributed by atoms with E-state index in [-0.39, 0.29) is 12.0 Å². The van der Waals surface area contributed by atoms with E-state index in [0.29, 0.717) is 56.9 Å². The third kappa shape index (κ3) is 4.88. The van der Waals surface area contributed by atoms with Crippen molar-refractivity contribution < 1.29 is 17.9 Å². The summed E-state index contributed by atoms with van der Waals surface area (Å²) in [5.41, 5.74) is 0. The van der Waals surface area contributed by atoms with Crippen LogP contribution in [0.3, 0.4) is 0 Å². The summed E-state index contributed by atoms with van der Waals surface area (Å²) in [4.78, 5) is 16.0. The lowest BCUT2D eigenvalue weighted by Gasteiger charge is -2.30. The second kappa shape index (κ2) is 9.23. The van der Waals surface area contributed by atoms with E-state index in [0.717, 1.165) is 24.9 Å². The average Bonchev–Trinajstić information content (AvgIpc) is 2.80. The summed E-state index contributed by atoms with van der Waals surface area (Å²) in [6.07, 6.45) is 10.0. The molecule has 2 aliphatic heterocycles. The zero-order chi connectivity index (χ0) is 21.0. The molecule has 30 heavy (non-hydrogen) atoms. The first kappa shape index (κ1) is 21.0. The van der Waals surface area contributed by atoms with Crippen molar-refractivity contribution in [3.05, 3.63) is 42.1 Å². The zero-order valence-electron chi connectivity index (χ0n) is 16.9. The van der Waals surface area contributed by atoms with E-state index in [4.69, 9.17) is 14.5 Å². The van der Waals surface area contributed by atoms with E-state index in [1.54, 1.807) is 0 Å². The molecule has 1 unspecified atom stereocenters. The molecule has 3 heterocycles. The molecule has 162 valence electrons. The molecule has 10 heteroatoms. The fourth-order valence-corrected chi connectivity index (χ4v) is 4.65. The molecule has 2 fully saturated rings. The van der Waals surface area contributed by atoms with Crippen LogP contribution in [-0.2, 0) is 14.8 Å². The maximum Gasteiger partial charge on any atom is 0.321 e. The molecular weight excluding hydrogens is 406 g/mol. The molecule has 0 saturated carbocycles. The lowest BCUT2D eigenvalue weighted by Crippen LogP contribution is -2.41. The number of rotatable bonds is 6. The zero-order valence-corrected chi connectivity index (χ0v) is 17.7. The first-order valence-corrected chi connectivity index (χ1v) is 11.8. The largest absolute Gasteiger partial charge is 0.460 e. The Labute approximate surface area is 177 Å². The van der Waals surface area contributed by atoms with Gasteiger partial charge in [-0.05, 0) is 19.3 Å². The van der Waals surface area contributed by atoms with Gasteiger partial charge in [0.2, 0.25) is 16.0 Å². The van der Waals surface area contributed by atoms with Crippen molar-refractivity contribution in [3.63, 3.8) is 0 Å². The van der Waals surface area contributed by atoms with E-state index in [9.17, 15) is 8.42 Å². The Morgan fingerprint density at radius 3 is 2.53 bits per heavy atom. The summed E-state index contributed by atoms with van der Waals surface area (Å²) in [6, 6.07) is 0.300. The van der Waals surface area contributed by atoms with Crippen molar-refractivity contribution >= 4 is 16.0 Å². The van der Waals surface area contributed by atoms with Gasteiger partial charge in [0, 0.05) is 37.5 Å². The average molecular weight is 434 g/mol. The van der Waals surface area contributed by atoms with Crippen LogP contribution in [0.15, 0.2) is 36.3 Å². The number of hydrogen-bond donors (Lipinski definition) is 0. The topological polar surface area (TPSA) is 97.8 Å². The van der Waals surface area contributed by atoms with Crippen LogP contribution < -0.4 is 9.64 Å². The summed E-state index contributed by atoms with van der Waals surface area (Å²) in [5.74, 6) is 1.38. The van der Waals surface area contributed by atoms with E-state index in [1.807, 2.05) is 12.2 Å². The van der Waals surface area contributed by atoms with Gasteiger partial charge in [0.1, 0.15) is 11.9 Å². The minimum Gasteiger partial charge on any atom is -0.460 e. The number of hydrogen-bond acceptors (Lipinski definition) is 8. The van der Waals surface area contributed by atoms with Gasteiger partial charge in [-0.15, -0.1) is 0 Å². The molecule has 4 rings (SSSR count). The number of anilines is 1. The minimum absolute atomic E-state index is 0.0831. The standard InChI is InChI=1S/C20H27N5O4S/c1-2-30(26,27)25-10-8-17(9-11-25)29-20-22-18(16-6-4-3-5-7-16)21-19(23-20)24-12-14-28-15-13-24/h2-6,16-17H,1,7-15H2. The van der Waals surface area contributed by atoms with Crippen LogP contribution >= 0.6 is 0 Å². The van der Waals surface area contributed by atoms with Crippen molar-refractivity contribution in [1.82, 2.24) is 19.3 Å². The summed E-state index contributed by atoms with van der Waals surface area (Å²) < 4.78 is 36.9. The van der Waals surface area contributed by atoms with Gasteiger partial charge >= 0.3 is 6.01 Å². The highest BCUT2D eigenvalue weighted by molar-refractivity contribution is 7.92. The van der Waals surface area contributed by atoms with E-state index < -0.39 is 10.0 Å². The van der Waals surface area contributed by atoms with E-state index in [1.165, 1.54) is 4.31 Å². The van der Waals surface area contributed by atoms with Crippen molar-refractivity contribution in [1.29, 1.82) is 0 Å². The number of piperidine rings is 1. The molecule has 0 radical (unpaired) electrons. The van der Waals surface area contributed by atoms with Gasteiger partial charge in [0.25, 0.3) is 0 Å². The highest BCUT2D eigenvalue weighted by Gasteiger charge is 2.28. The Kier molecular flexibility index (Phi) is 6.45. The van der Waals surface area contributed by atoms with Crippen LogP contribution in [0.4, 0.5) is 5.95 Å². The molecule has 2 saturated heterocycles. The normalized spacial score (nSPS) is 23.5. The molecule has 0 N–H and O–H groups in total. The van der Waals surface area contributed by atoms with Gasteiger partial charge in [-0.25, -0.2) is 8.42 Å². The molecule has 0 aromatic carbocycles. The van der Waals surface area contributed by atoms with Crippen molar-refractivity contribution in [3.8, 4) is 6.01 Å². The predicted octanol–water partition coefficient (Wildman–Crippen LogP) is 1.62. The fourth-order valence-electron chi connectivity index (χ4n) is 3.72. The molecule has 1 aromatic rings. The quantitative estimate of drug-likeness (QED) is 0.668. The SMILES string of the molecule is C=CS(=O)(=O)N1CCC(Oc2nc(C3C=CC=CC3)nc(N3CCOCC3)n2)CC1. The Morgan fingerprint density at radius 2 is 1.87 bits per heavy atom. The molecule has 1 atom stereocenters. The van der Waals surface area contributed by atoms with E-state index >= 15 is 0 Å². The number of nitrogens with zero attached hydrogens (tertiary/aromatic N) is 5. The molecule has 9 nitrogen and oxygen atoms in total. The highest BCUT2D eigenvalue weighted by Crippen LogP contribution is 2.26. The Morgan fingerprint density at radius 1 is 1.10 bits per heavy atom. The number of aromatic nitrogens is 3. The molecule has 1 aromatic heterocycles. The van der Waals surface area contributed by atoms with Gasteiger partial charge in [-0.2, -0.15) is 19.3 Å². The lowest BCUT2D eigenvalue weighted by molar-refractivity contribution is 0.118. The van der Waals surface area contributed by atoms with Gasteiger partial charge in [0.15, 0.2) is 0 Å². The maximum atomic E-state index is 12.0. The van der Waals surface area contributed by atoms with Crippen LogP contribution in [0, 0.1) is 0 Å². The van der Waals surface area contributed by atoms with Crippen molar-refractivity contribution in [2.45, 2.75) is 31.3 Å². The van der Waals surface area contributed by atoms with Crippen LogP contribution in [0.5, 0.6) is 6.01 Å². The minimum atomic E-state index is -3.39. The van der Waals surface area contributed by atoms with Gasteiger partial charge < -0.3 is 14.4 Å². The molecule has 0 spiro atoms. The van der Waals surface area contributed by atoms with E-state index in [2.05, 4.69) is 33.6 Å². The predicted molar refractivity (Wildman–Crippen MR) is 113 cm³/mol. The lowest BCUT2D eigenvalue weighted by atomic mass is 10.0. The first-order valence-electron chi connectivity index (χ1n) is 10.3. The molecular formula is C20H27N5O4S. The Hall–Kier alpha value is -2.30. The number of sulfonamides is 1. The second-order valence-electron chi connectivity index (χ2n) is 7.46. The molecule has 1 aliphatic carbocycles. The molecule has 0 bridgehead atoms. The van der Waals surface area contributed by atoms with Crippen LogP contribution in [0.25, 0.3) is 0 Å². The summed E-state index contributed by atoms with van der Waals surface area (Å²) in [7, 11) is -3.39. The number of allylic oxidation sites excluding steroid dienone is 4. The highest BCUT2D eigenvalue weighted by atomic mass is 32.2. The molecule has 3 aliphatic rings. The number of ether oxygens (including phenoxy) is 2. The summed E-state index contributed by atoms with van der Waals surface area (Å²) in [5, 5.41) is 0.993. The summed E-state index contributed by atoms with van der Waals surface area (Å²) >= 11 is 0. The first-order chi connectivity index (χ1) is 14.5. The third-order valence-electron chi connectivity index (χ3n) is 5.47. The smallest absolute Gasteiger partial charge is 0.321 e. The van der Waals surface area contributed by atoms with Gasteiger partial charge in [-0.3, -0.25) is 0 Å². The second-order valence-corrected chi connectivity index (χ2v) is 9.34. The van der Waals surface area contributed by atoms with Crippen LogP contribution in [0.2, 0.25) is 0 Å². The third-order valence-corrected chi connectivity index (χ3v) is 6.98. The maximum absolute atomic E-state index is 12.0. The summed E-state index contributed by atoms with van der Waals surface area (Å²) in [6.45, 7) is 6.90. The van der Waals surface area contributed by atoms with Crippen molar-refractivity contribution in [2.24, 2.45) is 0 Å². The molecule has 0 amide bonds. The Balaban J connectivity index is 1.51. The number of morpholine rings is 1. The van der Waals surface area contributed by atoms with Gasteiger partial charge in [-0.1, -0.05) is 30.9 Å². The fraction of sp³-hybridized carbons (Fsp3) is 0.550. The monoisotopic (exact) mass is 433 g/mol. The van der Waals surface area contributed by atoms with Crippen LogP contribution in [-0.4, -0.2) is 73.2 Å². The Bertz CT molecular complexity index is 919.